The molecule has 1 fully saturated rings. The molecule has 1 aliphatic rings. The molecular weight excluding hydrogens is 394 g/mol. The van der Waals surface area contributed by atoms with E-state index in [0.717, 1.165) is 25.1 Å². The summed E-state index contributed by atoms with van der Waals surface area (Å²) in [7, 11) is 0. The number of hydrogen-bond donors (Lipinski definition) is 3. The Hall–Kier alpha value is -3.06. The van der Waals surface area contributed by atoms with Crippen molar-refractivity contribution in [1.29, 1.82) is 0 Å². The van der Waals surface area contributed by atoms with Gasteiger partial charge in [0.15, 0.2) is 0 Å². The van der Waals surface area contributed by atoms with E-state index in [1.807, 2.05) is 45.0 Å². The van der Waals surface area contributed by atoms with Crippen molar-refractivity contribution in [2.75, 3.05) is 30.4 Å². The Morgan fingerprint density at radius 2 is 1.84 bits per heavy atom. The van der Waals surface area contributed by atoms with Crippen LogP contribution in [0.5, 0.6) is 5.75 Å². The van der Waals surface area contributed by atoms with Crippen LogP contribution < -0.4 is 20.7 Å². The average Bonchev–Trinajstić information content (AvgIpc) is 3.24. The minimum Gasteiger partial charge on any atom is -0.489 e. The second-order valence-corrected chi connectivity index (χ2v) is 8.63. The highest BCUT2D eigenvalue weighted by molar-refractivity contribution is 5.96. The van der Waals surface area contributed by atoms with Gasteiger partial charge >= 0.3 is 0 Å². The van der Waals surface area contributed by atoms with E-state index in [1.54, 1.807) is 24.3 Å². The largest absolute Gasteiger partial charge is 0.489 e. The molecule has 2 amide bonds. The van der Waals surface area contributed by atoms with Crippen LogP contribution in [-0.2, 0) is 9.53 Å². The molecule has 3 rings (SSSR count). The molecule has 0 radical (unpaired) electrons. The fraction of sp³-hybridized carbons (Fsp3) is 0.417. The highest BCUT2D eigenvalue weighted by atomic mass is 16.5. The molecule has 7 heteroatoms. The van der Waals surface area contributed by atoms with Gasteiger partial charge < -0.3 is 25.4 Å². The molecular formula is C24H31N3O4. The lowest BCUT2D eigenvalue weighted by Gasteiger charge is -2.20. The number of benzene rings is 2. The molecule has 1 saturated heterocycles. The zero-order chi connectivity index (χ0) is 22.3. The monoisotopic (exact) mass is 425 g/mol. The van der Waals surface area contributed by atoms with Crippen LogP contribution in [0, 0.1) is 0 Å². The van der Waals surface area contributed by atoms with Crippen LogP contribution in [0.15, 0.2) is 48.5 Å². The van der Waals surface area contributed by atoms with E-state index in [-0.39, 0.29) is 30.0 Å². The van der Waals surface area contributed by atoms with Crippen molar-refractivity contribution in [1.82, 2.24) is 5.32 Å². The Labute approximate surface area is 183 Å². The van der Waals surface area contributed by atoms with Crippen molar-refractivity contribution in [3.05, 3.63) is 54.1 Å². The van der Waals surface area contributed by atoms with Crippen LogP contribution in [0.2, 0.25) is 0 Å². The maximum absolute atomic E-state index is 12.4. The topological polar surface area (TPSA) is 88.7 Å². The number of rotatable bonds is 8. The third-order valence-corrected chi connectivity index (χ3v) is 4.70. The van der Waals surface area contributed by atoms with E-state index >= 15 is 0 Å². The van der Waals surface area contributed by atoms with E-state index in [1.165, 1.54) is 0 Å². The van der Waals surface area contributed by atoms with Gasteiger partial charge in [0.1, 0.15) is 12.4 Å². The van der Waals surface area contributed by atoms with Gasteiger partial charge in [-0.15, -0.1) is 0 Å². The second kappa shape index (κ2) is 10.3. The van der Waals surface area contributed by atoms with Gasteiger partial charge in [0.25, 0.3) is 5.91 Å². The Bertz CT molecular complexity index is 884. The van der Waals surface area contributed by atoms with E-state index in [4.69, 9.17) is 9.47 Å². The van der Waals surface area contributed by atoms with Crippen molar-refractivity contribution in [2.45, 2.75) is 45.3 Å². The number of carbonyl (C=O) groups excluding carboxylic acids is 2. The molecule has 1 heterocycles. The molecule has 2 aromatic rings. The molecule has 0 aliphatic carbocycles. The highest BCUT2D eigenvalue weighted by Crippen LogP contribution is 2.25. The summed E-state index contributed by atoms with van der Waals surface area (Å²) in [5, 5.41) is 8.87. The molecule has 2 aromatic carbocycles. The first-order valence-corrected chi connectivity index (χ1v) is 10.6. The minimum absolute atomic E-state index is 0.0909. The lowest BCUT2D eigenvalue weighted by Crippen LogP contribution is -2.40. The van der Waals surface area contributed by atoms with Crippen molar-refractivity contribution in [2.24, 2.45) is 0 Å². The third-order valence-electron chi connectivity index (χ3n) is 4.70. The summed E-state index contributed by atoms with van der Waals surface area (Å²) < 4.78 is 11.4. The maximum atomic E-state index is 12.4. The highest BCUT2D eigenvalue weighted by Gasteiger charge is 2.17. The SMILES string of the molecule is CC(C)(C)NC(=O)c1ccc(NCC(=O)Nc2ccccc2OCC2CCCO2)cc1. The van der Waals surface area contributed by atoms with Crippen molar-refractivity contribution < 1.29 is 19.1 Å². The first-order chi connectivity index (χ1) is 14.8. The van der Waals surface area contributed by atoms with Crippen molar-refractivity contribution >= 4 is 23.2 Å². The zero-order valence-corrected chi connectivity index (χ0v) is 18.4. The molecule has 7 nitrogen and oxygen atoms in total. The first kappa shape index (κ1) is 22.6. The lowest BCUT2D eigenvalue weighted by molar-refractivity contribution is -0.114. The quantitative estimate of drug-likeness (QED) is 0.598. The molecule has 1 atom stereocenters. The Morgan fingerprint density at radius 3 is 2.52 bits per heavy atom. The fourth-order valence-corrected chi connectivity index (χ4v) is 3.18. The van der Waals surface area contributed by atoms with Gasteiger partial charge in [-0.25, -0.2) is 0 Å². The summed E-state index contributed by atoms with van der Waals surface area (Å²) in [6, 6.07) is 14.4. The van der Waals surface area contributed by atoms with Crippen LogP contribution >= 0.6 is 0 Å². The van der Waals surface area contributed by atoms with Gasteiger partial charge in [0.2, 0.25) is 5.91 Å². The van der Waals surface area contributed by atoms with Gasteiger partial charge in [-0.3, -0.25) is 9.59 Å². The number of amides is 2. The minimum atomic E-state index is -0.295. The van der Waals surface area contributed by atoms with Gasteiger partial charge in [-0.1, -0.05) is 12.1 Å². The third kappa shape index (κ3) is 7.29. The van der Waals surface area contributed by atoms with Crippen molar-refractivity contribution in [3.63, 3.8) is 0 Å². The van der Waals surface area contributed by atoms with E-state index in [9.17, 15) is 9.59 Å². The predicted octanol–water partition coefficient (Wildman–Crippen LogP) is 3.82. The van der Waals surface area contributed by atoms with Crippen LogP contribution in [-0.4, -0.2) is 43.2 Å². The summed E-state index contributed by atoms with van der Waals surface area (Å²) in [5.41, 5.74) is 1.66. The smallest absolute Gasteiger partial charge is 0.251 e. The number of para-hydroxylation sites is 2. The molecule has 0 bridgehead atoms. The van der Waals surface area contributed by atoms with Crippen LogP contribution in [0.25, 0.3) is 0 Å². The second-order valence-electron chi connectivity index (χ2n) is 8.63. The molecule has 0 saturated carbocycles. The summed E-state index contributed by atoms with van der Waals surface area (Å²) in [5.74, 6) is 0.305. The predicted molar refractivity (Wildman–Crippen MR) is 122 cm³/mol. The van der Waals surface area contributed by atoms with Gasteiger partial charge in [0, 0.05) is 23.4 Å². The molecule has 0 spiro atoms. The van der Waals surface area contributed by atoms with Crippen molar-refractivity contribution in [3.8, 4) is 5.75 Å². The standard InChI is InChI=1S/C24H31N3O4/c1-24(2,3)27-23(29)17-10-12-18(13-11-17)25-15-22(28)26-20-8-4-5-9-21(20)31-16-19-7-6-14-30-19/h4-5,8-13,19,25H,6-7,14-16H2,1-3H3,(H,26,28)(H,27,29). The van der Waals surface area contributed by atoms with E-state index < -0.39 is 0 Å². The summed E-state index contributed by atoms with van der Waals surface area (Å²) in [4.78, 5) is 24.6. The van der Waals surface area contributed by atoms with E-state index in [0.29, 0.717) is 23.6 Å². The van der Waals surface area contributed by atoms with Gasteiger partial charge in [-0.05, 0) is 70.0 Å². The number of hydrogen-bond acceptors (Lipinski definition) is 5. The fourth-order valence-electron chi connectivity index (χ4n) is 3.18. The molecule has 166 valence electrons. The molecule has 3 N–H and O–H groups in total. The zero-order valence-electron chi connectivity index (χ0n) is 18.4. The first-order valence-electron chi connectivity index (χ1n) is 10.6. The molecule has 1 aliphatic heterocycles. The lowest BCUT2D eigenvalue weighted by atomic mass is 10.1. The summed E-state index contributed by atoms with van der Waals surface area (Å²) >= 11 is 0. The summed E-state index contributed by atoms with van der Waals surface area (Å²) in [6.07, 6.45) is 2.16. The Balaban J connectivity index is 1.49. The maximum Gasteiger partial charge on any atom is 0.251 e. The normalized spacial score (nSPS) is 15.9. The number of anilines is 2. The number of nitrogens with one attached hydrogen (secondary N) is 3. The van der Waals surface area contributed by atoms with Gasteiger partial charge in [0.05, 0.1) is 18.3 Å². The number of ether oxygens (including phenoxy) is 2. The molecule has 0 aromatic heterocycles. The van der Waals surface area contributed by atoms with E-state index in [2.05, 4.69) is 16.0 Å². The van der Waals surface area contributed by atoms with Crippen LogP contribution in [0.3, 0.4) is 0 Å². The Morgan fingerprint density at radius 1 is 1.10 bits per heavy atom. The molecule has 31 heavy (non-hydrogen) atoms. The summed E-state index contributed by atoms with van der Waals surface area (Å²) in [6.45, 7) is 7.15. The number of carbonyl (C=O) groups is 2. The van der Waals surface area contributed by atoms with Crippen LogP contribution in [0.4, 0.5) is 11.4 Å². The molecule has 1 unspecified atom stereocenters. The average molecular weight is 426 g/mol. The Kier molecular flexibility index (Phi) is 7.52. The van der Waals surface area contributed by atoms with Gasteiger partial charge in [-0.2, -0.15) is 0 Å². The van der Waals surface area contributed by atoms with Crippen LogP contribution in [0.1, 0.15) is 44.0 Å².